The van der Waals surface area contributed by atoms with Gasteiger partial charge in [-0.05, 0) is 17.7 Å². The Morgan fingerprint density at radius 1 is 0.833 bits per heavy atom. The van der Waals surface area contributed by atoms with Gasteiger partial charge in [-0.1, -0.05) is 25.3 Å². The second-order valence-electron chi connectivity index (χ2n) is 4.60. The lowest BCUT2D eigenvalue weighted by molar-refractivity contribution is -0.139. The first-order valence-electron chi connectivity index (χ1n) is 7.53. The second kappa shape index (κ2) is 11.9. The molecular formula is C18H22O6. The molecule has 0 aliphatic carbocycles. The highest BCUT2D eigenvalue weighted by Crippen LogP contribution is 2.12. The maximum atomic E-state index is 10.9. The molecule has 0 aliphatic rings. The van der Waals surface area contributed by atoms with Crippen molar-refractivity contribution in [2.24, 2.45) is 0 Å². The Hall–Kier alpha value is -2.60. The van der Waals surface area contributed by atoms with Crippen LogP contribution >= 0.6 is 0 Å². The van der Waals surface area contributed by atoms with Gasteiger partial charge in [0.05, 0.1) is 19.8 Å². The predicted octanol–water partition coefficient (Wildman–Crippen LogP) is 2.08. The monoisotopic (exact) mass is 334 g/mol. The summed E-state index contributed by atoms with van der Waals surface area (Å²) in [7, 11) is 0. The van der Waals surface area contributed by atoms with Crippen molar-refractivity contribution >= 4 is 11.9 Å². The highest BCUT2D eigenvalue weighted by atomic mass is 16.6. The minimum Gasteiger partial charge on any atom is -0.491 e. The van der Waals surface area contributed by atoms with Gasteiger partial charge in [-0.2, -0.15) is 0 Å². The molecule has 0 bridgehead atoms. The fraction of sp³-hybridized carbons (Fsp3) is 0.333. The van der Waals surface area contributed by atoms with E-state index in [-0.39, 0.29) is 6.61 Å². The van der Waals surface area contributed by atoms with E-state index in [0.717, 1.165) is 23.5 Å². The number of carbonyl (C=O) groups is 2. The standard InChI is InChI=1S/C18H22O6/c1-3-17(19)23-10-9-15-5-7-16(8-6-15)22-13-11-21-12-14-24-18(20)4-2/h3-8H,1-2,9-14H2. The molecule has 0 saturated carbocycles. The quantitative estimate of drug-likeness (QED) is 0.331. The van der Waals surface area contributed by atoms with E-state index in [1.807, 2.05) is 24.3 Å². The van der Waals surface area contributed by atoms with Gasteiger partial charge >= 0.3 is 11.9 Å². The van der Waals surface area contributed by atoms with Gasteiger partial charge < -0.3 is 18.9 Å². The van der Waals surface area contributed by atoms with Gasteiger partial charge in [0.15, 0.2) is 0 Å². The van der Waals surface area contributed by atoms with Crippen molar-refractivity contribution in [2.75, 3.05) is 33.0 Å². The van der Waals surface area contributed by atoms with Crippen LogP contribution in [-0.2, 0) is 30.2 Å². The lowest BCUT2D eigenvalue weighted by Crippen LogP contribution is -2.12. The molecule has 0 heterocycles. The fourth-order valence-corrected chi connectivity index (χ4v) is 1.66. The number of ether oxygens (including phenoxy) is 4. The van der Waals surface area contributed by atoms with E-state index in [0.29, 0.717) is 32.8 Å². The van der Waals surface area contributed by atoms with Crippen LogP contribution in [0.5, 0.6) is 5.75 Å². The molecule has 0 saturated heterocycles. The van der Waals surface area contributed by atoms with E-state index in [9.17, 15) is 9.59 Å². The van der Waals surface area contributed by atoms with Crippen LogP contribution in [0.2, 0.25) is 0 Å². The summed E-state index contributed by atoms with van der Waals surface area (Å²) >= 11 is 0. The number of rotatable bonds is 12. The van der Waals surface area contributed by atoms with Gasteiger partial charge in [-0.25, -0.2) is 9.59 Å². The Morgan fingerprint density at radius 2 is 1.42 bits per heavy atom. The van der Waals surface area contributed by atoms with Crippen LogP contribution in [0.4, 0.5) is 0 Å². The minimum absolute atomic E-state index is 0.190. The Kier molecular flexibility index (Phi) is 9.64. The van der Waals surface area contributed by atoms with Crippen molar-refractivity contribution in [2.45, 2.75) is 6.42 Å². The zero-order valence-electron chi connectivity index (χ0n) is 13.6. The molecule has 0 radical (unpaired) electrons. The maximum absolute atomic E-state index is 10.9. The van der Waals surface area contributed by atoms with Crippen molar-refractivity contribution < 1.29 is 28.5 Å². The third-order valence-corrected chi connectivity index (χ3v) is 2.86. The number of hydrogen-bond donors (Lipinski definition) is 0. The molecule has 1 rings (SSSR count). The van der Waals surface area contributed by atoms with Crippen LogP contribution in [0.1, 0.15) is 5.56 Å². The molecule has 0 N–H and O–H groups in total. The summed E-state index contributed by atoms with van der Waals surface area (Å²) in [6.07, 6.45) is 2.88. The van der Waals surface area contributed by atoms with Gasteiger partial charge in [0.1, 0.15) is 19.0 Å². The summed E-state index contributed by atoms with van der Waals surface area (Å²) in [6.45, 7) is 8.23. The normalized spacial score (nSPS) is 9.83. The predicted molar refractivity (Wildman–Crippen MR) is 88.8 cm³/mol. The first kappa shape index (κ1) is 19.4. The summed E-state index contributed by atoms with van der Waals surface area (Å²) in [4.78, 5) is 21.7. The van der Waals surface area contributed by atoms with Gasteiger partial charge in [-0.15, -0.1) is 0 Å². The van der Waals surface area contributed by atoms with E-state index in [1.54, 1.807) is 0 Å². The molecule has 6 heteroatoms. The third kappa shape index (κ3) is 8.75. The van der Waals surface area contributed by atoms with E-state index in [4.69, 9.17) is 18.9 Å². The van der Waals surface area contributed by atoms with Gasteiger partial charge in [0, 0.05) is 18.6 Å². The number of hydrogen-bond acceptors (Lipinski definition) is 6. The Labute approximate surface area is 141 Å². The van der Waals surface area contributed by atoms with Crippen LogP contribution < -0.4 is 4.74 Å². The summed E-state index contributed by atoms with van der Waals surface area (Å²) in [5.74, 6) is -0.160. The topological polar surface area (TPSA) is 71.1 Å². The molecular weight excluding hydrogens is 312 g/mol. The van der Waals surface area contributed by atoms with Crippen LogP contribution in [0.3, 0.4) is 0 Å². The smallest absolute Gasteiger partial charge is 0.330 e. The van der Waals surface area contributed by atoms with E-state index < -0.39 is 11.9 Å². The summed E-state index contributed by atoms with van der Waals surface area (Å²) in [5.41, 5.74) is 1.04. The van der Waals surface area contributed by atoms with Crippen molar-refractivity contribution in [3.05, 3.63) is 55.1 Å². The highest BCUT2D eigenvalue weighted by Gasteiger charge is 1.99. The Bertz CT molecular complexity index is 535. The van der Waals surface area contributed by atoms with E-state index in [1.165, 1.54) is 0 Å². The molecule has 0 atom stereocenters. The molecule has 6 nitrogen and oxygen atoms in total. The molecule has 0 aliphatic heterocycles. The lowest BCUT2D eigenvalue weighted by Gasteiger charge is -2.08. The molecule has 0 aromatic heterocycles. The largest absolute Gasteiger partial charge is 0.491 e. The Balaban J connectivity index is 2.11. The molecule has 1 aromatic rings. The summed E-state index contributed by atoms with van der Waals surface area (Å²) in [5, 5.41) is 0. The number of carbonyl (C=O) groups excluding carboxylic acids is 2. The van der Waals surface area contributed by atoms with Gasteiger partial charge in [0.25, 0.3) is 0 Å². The molecule has 0 unspecified atom stereocenters. The third-order valence-electron chi connectivity index (χ3n) is 2.86. The van der Waals surface area contributed by atoms with Crippen molar-refractivity contribution in [1.82, 2.24) is 0 Å². The van der Waals surface area contributed by atoms with Gasteiger partial charge in [0.2, 0.25) is 0 Å². The van der Waals surface area contributed by atoms with Crippen LogP contribution in [-0.4, -0.2) is 45.0 Å². The van der Waals surface area contributed by atoms with Crippen molar-refractivity contribution in [3.8, 4) is 5.75 Å². The minimum atomic E-state index is -0.464. The Morgan fingerprint density at radius 3 is 2.04 bits per heavy atom. The van der Waals surface area contributed by atoms with Crippen LogP contribution in [0.15, 0.2) is 49.6 Å². The van der Waals surface area contributed by atoms with Crippen LogP contribution in [0, 0.1) is 0 Å². The average molecular weight is 334 g/mol. The fourth-order valence-electron chi connectivity index (χ4n) is 1.66. The second-order valence-corrected chi connectivity index (χ2v) is 4.60. The lowest BCUT2D eigenvalue weighted by atomic mass is 10.1. The first-order chi connectivity index (χ1) is 11.7. The zero-order chi connectivity index (χ0) is 17.6. The molecule has 24 heavy (non-hydrogen) atoms. The molecule has 0 amide bonds. The summed E-state index contributed by atoms with van der Waals surface area (Å²) in [6, 6.07) is 7.51. The van der Waals surface area contributed by atoms with E-state index in [2.05, 4.69) is 13.2 Å². The molecule has 130 valence electrons. The van der Waals surface area contributed by atoms with Gasteiger partial charge in [-0.3, -0.25) is 0 Å². The van der Waals surface area contributed by atoms with Crippen LogP contribution in [0.25, 0.3) is 0 Å². The maximum Gasteiger partial charge on any atom is 0.330 e. The van der Waals surface area contributed by atoms with E-state index >= 15 is 0 Å². The molecule has 0 spiro atoms. The molecule has 1 aromatic carbocycles. The average Bonchev–Trinajstić information content (AvgIpc) is 2.61. The number of esters is 2. The SMILES string of the molecule is C=CC(=O)OCCOCCOc1ccc(CCOC(=O)C=C)cc1. The molecule has 0 fully saturated rings. The first-order valence-corrected chi connectivity index (χ1v) is 7.53. The summed E-state index contributed by atoms with van der Waals surface area (Å²) < 4.78 is 20.5. The number of benzene rings is 1. The highest BCUT2D eigenvalue weighted by molar-refractivity contribution is 5.81. The van der Waals surface area contributed by atoms with Crippen molar-refractivity contribution in [1.29, 1.82) is 0 Å². The zero-order valence-corrected chi connectivity index (χ0v) is 13.6. The van der Waals surface area contributed by atoms with Crippen molar-refractivity contribution in [3.63, 3.8) is 0 Å².